The van der Waals surface area contributed by atoms with E-state index in [9.17, 15) is 4.79 Å². The highest BCUT2D eigenvalue weighted by atomic mass is 79.9. The lowest BCUT2D eigenvalue weighted by Gasteiger charge is -2.36. The maximum absolute atomic E-state index is 12.3. The lowest BCUT2D eigenvalue weighted by Crippen LogP contribution is -2.50. The van der Waals surface area contributed by atoms with Gasteiger partial charge < -0.3 is 4.90 Å². The molecular formula is C15H22BrN3O. The van der Waals surface area contributed by atoms with Crippen molar-refractivity contribution in [3.05, 3.63) is 30.1 Å². The average molecular weight is 340 g/mol. The largest absolute Gasteiger partial charge is 0.339 e. The number of piperazine rings is 1. The molecule has 1 unspecified atom stereocenters. The van der Waals surface area contributed by atoms with E-state index in [-0.39, 0.29) is 10.7 Å². The number of aromatic nitrogens is 1. The number of nitrogens with zero attached hydrogens (tertiary/aromatic N) is 3. The number of halogens is 1. The van der Waals surface area contributed by atoms with Crippen LogP contribution in [0.4, 0.5) is 0 Å². The molecule has 1 fully saturated rings. The second kappa shape index (κ2) is 7.18. The van der Waals surface area contributed by atoms with Gasteiger partial charge in [0.1, 0.15) is 0 Å². The fourth-order valence-corrected chi connectivity index (χ4v) is 2.60. The lowest BCUT2D eigenvalue weighted by molar-refractivity contribution is -0.133. The average Bonchev–Trinajstić information content (AvgIpc) is 2.47. The Balaban J connectivity index is 1.82. The Morgan fingerprint density at radius 2 is 2.00 bits per heavy atom. The first-order valence-electron chi connectivity index (χ1n) is 7.13. The van der Waals surface area contributed by atoms with Gasteiger partial charge in [0.05, 0.1) is 10.5 Å². The molecule has 1 atom stereocenters. The highest BCUT2D eigenvalue weighted by Crippen LogP contribution is 2.17. The standard InChI is InChI=1S/C15H22BrN3O/c1-12(2)14(16)15(20)19-9-7-18(8-10-19)11-13-5-3-4-6-17-13/h3-6,12,14H,7-11H2,1-2H3. The van der Waals surface area contributed by atoms with Gasteiger partial charge in [0, 0.05) is 38.9 Å². The number of hydrogen-bond acceptors (Lipinski definition) is 3. The van der Waals surface area contributed by atoms with Crippen LogP contribution in [0.3, 0.4) is 0 Å². The van der Waals surface area contributed by atoms with E-state index in [0.29, 0.717) is 5.92 Å². The zero-order valence-corrected chi connectivity index (χ0v) is 13.7. The molecule has 0 aliphatic carbocycles. The Morgan fingerprint density at radius 3 is 2.55 bits per heavy atom. The molecule has 0 saturated carbocycles. The van der Waals surface area contributed by atoms with Crippen molar-refractivity contribution in [3.63, 3.8) is 0 Å². The van der Waals surface area contributed by atoms with Gasteiger partial charge in [0.25, 0.3) is 0 Å². The summed E-state index contributed by atoms with van der Waals surface area (Å²) in [6, 6.07) is 5.99. The van der Waals surface area contributed by atoms with Gasteiger partial charge in [0.15, 0.2) is 0 Å². The van der Waals surface area contributed by atoms with Gasteiger partial charge in [-0.05, 0) is 18.1 Å². The van der Waals surface area contributed by atoms with Crippen molar-refractivity contribution in [2.45, 2.75) is 25.2 Å². The molecule has 1 aliphatic rings. The smallest absolute Gasteiger partial charge is 0.236 e. The Morgan fingerprint density at radius 1 is 1.30 bits per heavy atom. The zero-order chi connectivity index (χ0) is 14.5. The minimum atomic E-state index is -0.0650. The molecule has 5 heteroatoms. The molecule has 0 radical (unpaired) electrons. The van der Waals surface area contributed by atoms with Gasteiger partial charge in [-0.15, -0.1) is 0 Å². The molecule has 0 bridgehead atoms. The van der Waals surface area contributed by atoms with Crippen molar-refractivity contribution < 1.29 is 4.79 Å². The van der Waals surface area contributed by atoms with Crippen LogP contribution in [0.1, 0.15) is 19.5 Å². The van der Waals surface area contributed by atoms with E-state index in [1.54, 1.807) is 0 Å². The second-order valence-electron chi connectivity index (χ2n) is 5.57. The highest BCUT2D eigenvalue weighted by Gasteiger charge is 2.27. The predicted octanol–water partition coefficient (Wildman–Crippen LogP) is 2.15. The van der Waals surface area contributed by atoms with Crippen LogP contribution in [0.5, 0.6) is 0 Å². The third-order valence-corrected chi connectivity index (χ3v) is 5.07. The number of carbonyl (C=O) groups is 1. The van der Waals surface area contributed by atoms with E-state index in [4.69, 9.17) is 0 Å². The molecule has 1 aromatic heterocycles. The van der Waals surface area contributed by atoms with Crippen LogP contribution in [-0.2, 0) is 11.3 Å². The van der Waals surface area contributed by atoms with Gasteiger partial charge in [0.2, 0.25) is 5.91 Å². The SMILES string of the molecule is CC(C)C(Br)C(=O)N1CCN(Cc2ccccn2)CC1. The predicted molar refractivity (Wildman–Crippen MR) is 83.6 cm³/mol. The van der Waals surface area contributed by atoms with E-state index in [1.807, 2.05) is 29.3 Å². The molecule has 0 N–H and O–H groups in total. The van der Waals surface area contributed by atoms with Crippen LogP contribution >= 0.6 is 15.9 Å². The summed E-state index contributed by atoms with van der Waals surface area (Å²) in [5, 5.41) is 0. The Labute approximate surface area is 129 Å². The first-order valence-corrected chi connectivity index (χ1v) is 8.04. The van der Waals surface area contributed by atoms with Crippen molar-refractivity contribution in [3.8, 4) is 0 Å². The topological polar surface area (TPSA) is 36.4 Å². The maximum Gasteiger partial charge on any atom is 0.236 e. The molecule has 2 heterocycles. The van der Waals surface area contributed by atoms with Crippen molar-refractivity contribution in [2.24, 2.45) is 5.92 Å². The zero-order valence-electron chi connectivity index (χ0n) is 12.1. The molecule has 0 aromatic carbocycles. The summed E-state index contributed by atoms with van der Waals surface area (Å²) in [4.78, 5) is 20.9. The molecular weight excluding hydrogens is 318 g/mol. The monoisotopic (exact) mass is 339 g/mol. The number of rotatable bonds is 4. The molecule has 1 amide bonds. The van der Waals surface area contributed by atoms with Crippen LogP contribution in [0, 0.1) is 5.92 Å². The highest BCUT2D eigenvalue weighted by molar-refractivity contribution is 9.10. The minimum absolute atomic E-state index is 0.0650. The van der Waals surface area contributed by atoms with Gasteiger partial charge in [-0.1, -0.05) is 35.8 Å². The summed E-state index contributed by atoms with van der Waals surface area (Å²) >= 11 is 3.50. The van der Waals surface area contributed by atoms with Crippen LogP contribution in [0.25, 0.3) is 0 Å². The first kappa shape index (κ1) is 15.4. The van der Waals surface area contributed by atoms with E-state index in [0.717, 1.165) is 38.4 Å². The molecule has 2 rings (SSSR count). The van der Waals surface area contributed by atoms with Crippen molar-refractivity contribution in [1.29, 1.82) is 0 Å². The normalized spacial score (nSPS) is 18.3. The number of pyridine rings is 1. The molecule has 0 spiro atoms. The number of carbonyl (C=O) groups excluding carboxylic acids is 1. The van der Waals surface area contributed by atoms with Crippen molar-refractivity contribution in [1.82, 2.24) is 14.8 Å². The summed E-state index contributed by atoms with van der Waals surface area (Å²) in [6.07, 6.45) is 1.83. The van der Waals surface area contributed by atoms with Crippen LogP contribution in [-0.4, -0.2) is 51.7 Å². The molecule has 20 heavy (non-hydrogen) atoms. The lowest BCUT2D eigenvalue weighted by atomic mass is 10.1. The van der Waals surface area contributed by atoms with Crippen LogP contribution in [0.15, 0.2) is 24.4 Å². The van der Waals surface area contributed by atoms with Crippen LogP contribution < -0.4 is 0 Å². The third kappa shape index (κ3) is 4.03. The first-order chi connectivity index (χ1) is 9.58. The van der Waals surface area contributed by atoms with Crippen LogP contribution in [0.2, 0.25) is 0 Å². The fourth-order valence-electron chi connectivity index (χ4n) is 2.31. The fraction of sp³-hybridized carbons (Fsp3) is 0.600. The van der Waals surface area contributed by atoms with Gasteiger partial charge >= 0.3 is 0 Å². The summed E-state index contributed by atoms with van der Waals surface area (Å²) in [5.41, 5.74) is 1.09. The molecule has 1 aromatic rings. The Hall–Kier alpha value is -0.940. The maximum atomic E-state index is 12.3. The van der Waals surface area contributed by atoms with Gasteiger partial charge in [-0.2, -0.15) is 0 Å². The van der Waals surface area contributed by atoms with Crippen molar-refractivity contribution >= 4 is 21.8 Å². The number of alkyl halides is 1. The van der Waals surface area contributed by atoms with Crippen molar-refractivity contribution in [2.75, 3.05) is 26.2 Å². The van der Waals surface area contributed by atoms with E-state index >= 15 is 0 Å². The Kier molecular flexibility index (Phi) is 5.54. The number of hydrogen-bond donors (Lipinski definition) is 0. The quantitative estimate of drug-likeness (QED) is 0.788. The summed E-state index contributed by atoms with van der Waals surface area (Å²) in [5.74, 6) is 0.548. The molecule has 4 nitrogen and oxygen atoms in total. The summed E-state index contributed by atoms with van der Waals surface area (Å²) < 4.78 is 0. The summed E-state index contributed by atoms with van der Waals surface area (Å²) in [6.45, 7) is 8.44. The van der Waals surface area contributed by atoms with E-state index in [1.165, 1.54) is 0 Å². The molecule has 110 valence electrons. The number of amides is 1. The van der Waals surface area contributed by atoms with Gasteiger partial charge in [-0.25, -0.2) is 0 Å². The van der Waals surface area contributed by atoms with E-state index < -0.39 is 0 Å². The molecule has 1 aliphatic heterocycles. The Bertz CT molecular complexity index is 430. The molecule has 1 saturated heterocycles. The third-order valence-electron chi connectivity index (χ3n) is 3.62. The summed E-state index contributed by atoms with van der Waals surface area (Å²) in [7, 11) is 0. The van der Waals surface area contributed by atoms with Gasteiger partial charge in [-0.3, -0.25) is 14.7 Å². The second-order valence-corrected chi connectivity index (χ2v) is 6.55. The minimum Gasteiger partial charge on any atom is -0.339 e. The van der Waals surface area contributed by atoms with E-state index in [2.05, 4.69) is 39.7 Å².